The van der Waals surface area contributed by atoms with Crippen LogP contribution in [0, 0.1) is 5.92 Å². The molecule has 102 valence electrons. The zero-order valence-electron chi connectivity index (χ0n) is 11.3. The second-order valence-corrected chi connectivity index (χ2v) is 5.47. The Morgan fingerprint density at radius 2 is 1.68 bits per heavy atom. The van der Waals surface area contributed by atoms with E-state index in [0.29, 0.717) is 11.5 Å². The molecule has 1 aromatic carbocycles. The first kappa shape index (κ1) is 13.9. The molecule has 1 atom stereocenters. The Bertz CT molecular complexity index is 428. The Balaban J connectivity index is 2.28. The van der Waals surface area contributed by atoms with Crippen molar-refractivity contribution >= 4 is 5.97 Å². The highest BCUT2D eigenvalue weighted by Gasteiger charge is 2.29. The third-order valence-corrected chi connectivity index (χ3v) is 4.18. The van der Waals surface area contributed by atoms with Gasteiger partial charge < -0.3 is 5.11 Å². The van der Waals surface area contributed by atoms with Crippen molar-refractivity contribution in [2.45, 2.75) is 44.4 Å². The molecule has 0 aliphatic heterocycles. The topological polar surface area (TPSA) is 37.3 Å². The lowest BCUT2D eigenvalue weighted by Crippen LogP contribution is -2.19. The van der Waals surface area contributed by atoms with E-state index >= 15 is 0 Å². The zero-order chi connectivity index (χ0) is 13.7. The molecule has 2 rings (SSSR count). The van der Waals surface area contributed by atoms with Gasteiger partial charge in [0.15, 0.2) is 0 Å². The number of carboxylic acid groups (broad SMARTS) is 1. The van der Waals surface area contributed by atoms with Gasteiger partial charge in [0.2, 0.25) is 0 Å². The van der Waals surface area contributed by atoms with Gasteiger partial charge in [-0.2, -0.15) is 0 Å². The summed E-state index contributed by atoms with van der Waals surface area (Å²) in [5, 5.41) is 9.32. The number of aliphatic carboxylic acids is 1. The summed E-state index contributed by atoms with van der Waals surface area (Å²) < 4.78 is 0. The first-order chi connectivity index (χ1) is 9.20. The highest BCUT2D eigenvalue weighted by atomic mass is 16.4. The molecule has 19 heavy (non-hydrogen) atoms. The van der Waals surface area contributed by atoms with Gasteiger partial charge in [-0.1, -0.05) is 62.6 Å². The van der Waals surface area contributed by atoms with E-state index in [4.69, 9.17) is 0 Å². The van der Waals surface area contributed by atoms with E-state index in [2.05, 4.69) is 6.58 Å². The van der Waals surface area contributed by atoms with Crippen LogP contribution < -0.4 is 0 Å². The molecule has 0 amide bonds. The molecule has 0 heterocycles. The van der Waals surface area contributed by atoms with Crippen LogP contribution in [0.4, 0.5) is 0 Å². The highest BCUT2D eigenvalue weighted by Crippen LogP contribution is 2.39. The van der Waals surface area contributed by atoms with Gasteiger partial charge in [0.1, 0.15) is 0 Å². The number of benzene rings is 1. The van der Waals surface area contributed by atoms with Crippen LogP contribution >= 0.6 is 0 Å². The zero-order valence-corrected chi connectivity index (χ0v) is 11.3. The maximum atomic E-state index is 11.3. The average Bonchev–Trinajstić information content (AvgIpc) is 2.69. The van der Waals surface area contributed by atoms with Crippen molar-refractivity contribution in [3.63, 3.8) is 0 Å². The van der Waals surface area contributed by atoms with Crippen LogP contribution in [0.2, 0.25) is 0 Å². The van der Waals surface area contributed by atoms with Crippen LogP contribution in [-0.2, 0) is 4.79 Å². The van der Waals surface area contributed by atoms with Crippen LogP contribution in [0.1, 0.15) is 50.0 Å². The number of hydrogen-bond donors (Lipinski definition) is 1. The smallest absolute Gasteiger partial charge is 0.331 e. The number of rotatable bonds is 4. The van der Waals surface area contributed by atoms with E-state index in [1.165, 1.54) is 25.7 Å². The van der Waals surface area contributed by atoms with Gasteiger partial charge in [-0.05, 0) is 24.3 Å². The third kappa shape index (κ3) is 3.46. The van der Waals surface area contributed by atoms with Gasteiger partial charge in [-0.15, -0.1) is 0 Å². The average molecular weight is 258 g/mol. The Labute approximate surface area is 115 Å². The van der Waals surface area contributed by atoms with E-state index in [1.54, 1.807) is 0 Å². The fourth-order valence-electron chi connectivity index (χ4n) is 3.20. The van der Waals surface area contributed by atoms with Crippen LogP contribution in [0.5, 0.6) is 0 Å². The molecule has 1 N–H and O–H groups in total. The normalized spacial score (nSPS) is 18.5. The van der Waals surface area contributed by atoms with Gasteiger partial charge in [-0.25, -0.2) is 4.79 Å². The lowest BCUT2D eigenvalue weighted by molar-refractivity contribution is -0.133. The summed E-state index contributed by atoms with van der Waals surface area (Å²) in [6.45, 7) is 3.84. The Kier molecular flexibility index (Phi) is 4.78. The summed E-state index contributed by atoms with van der Waals surface area (Å²) in [5.74, 6) is -0.469. The number of carbonyl (C=O) groups is 1. The highest BCUT2D eigenvalue weighted by molar-refractivity contribution is 5.87. The van der Waals surface area contributed by atoms with Crippen molar-refractivity contribution in [2.24, 2.45) is 5.92 Å². The van der Waals surface area contributed by atoms with Gasteiger partial charge in [-0.3, -0.25) is 0 Å². The monoisotopic (exact) mass is 258 g/mol. The Hall–Kier alpha value is -1.57. The van der Waals surface area contributed by atoms with E-state index in [-0.39, 0.29) is 5.92 Å². The summed E-state index contributed by atoms with van der Waals surface area (Å²) in [4.78, 5) is 11.3. The van der Waals surface area contributed by atoms with Crippen molar-refractivity contribution in [1.82, 2.24) is 0 Å². The van der Waals surface area contributed by atoms with E-state index in [9.17, 15) is 9.90 Å². The maximum absolute atomic E-state index is 11.3. The minimum atomic E-state index is -0.863. The molecule has 2 nitrogen and oxygen atoms in total. The molecule has 1 aliphatic rings. The Morgan fingerprint density at radius 1 is 1.11 bits per heavy atom. The summed E-state index contributed by atoms with van der Waals surface area (Å²) in [7, 11) is 0. The molecule has 1 unspecified atom stereocenters. The molecule has 0 bridgehead atoms. The number of hydrogen-bond acceptors (Lipinski definition) is 1. The predicted molar refractivity (Wildman–Crippen MR) is 77.2 cm³/mol. The fourth-order valence-corrected chi connectivity index (χ4v) is 3.20. The van der Waals surface area contributed by atoms with Crippen molar-refractivity contribution in [3.05, 3.63) is 48.0 Å². The predicted octanol–water partition coefficient (Wildman–Crippen LogP) is 4.38. The van der Waals surface area contributed by atoms with E-state index in [0.717, 1.165) is 18.4 Å². The van der Waals surface area contributed by atoms with Gasteiger partial charge in [0, 0.05) is 11.5 Å². The molecule has 1 aromatic rings. The second kappa shape index (κ2) is 6.55. The third-order valence-electron chi connectivity index (χ3n) is 4.18. The minimum absolute atomic E-state index is 0.0307. The maximum Gasteiger partial charge on any atom is 0.331 e. The van der Waals surface area contributed by atoms with Gasteiger partial charge in [0.25, 0.3) is 0 Å². The fraction of sp³-hybridized carbons (Fsp3) is 0.471. The SMILES string of the molecule is C=C(C(=O)O)C(c1ccccc1)C1CCCCCC1. The van der Waals surface area contributed by atoms with Crippen molar-refractivity contribution in [3.8, 4) is 0 Å². The molecule has 0 spiro atoms. The Morgan fingerprint density at radius 3 is 2.21 bits per heavy atom. The molecule has 2 heteroatoms. The largest absolute Gasteiger partial charge is 0.478 e. The van der Waals surface area contributed by atoms with Crippen molar-refractivity contribution in [1.29, 1.82) is 0 Å². The molecule has 0 saturated heterocycles. The molecule has 1 fully saturated rings. The van der Waals surface area contributed by atoms with Gasteiger partial charge >= 0.3 is 5.97 Å². The number of carboxylic acids is 1. The first-order valence-electron chi connectivity index (χ1n) is 7.17. The molecule has 0 aromatic heterocycles. The molecular weight excluding hydrogens is 236 g/mol. The molecule has 1 aliphatic carbocycles. The van der Waals surface area contributed by atoms with Gasteiger partial charge in [0.05, 0.1) is 0 Å². The minimum Gasteiger partial charge on any atom is -0.478 e. The quantitative estimate of drug-likeness (QED) is 0.642. The van der Waals surface area contributed by atoms with Crippen LogP contribution in [-0.4, -0.2) is 11.1 Å². The summed E-state index contributed by atoms with van der Waals surface area (Å²) in [6.07, 6.45) is 7.20. The lowest BCUT2D eigenvalue weighted by atomic mass is 9.77. The molecule has 0 radical (unpaired) electrons. The standard InChI is InChI=1S/C17H22O2/c1-13(17(18)19)16(15-11-7-4-8-12-15)14-9-5-2-3-6-10-14/h4,7-8,11-12,14,16H,1-3,5-6,9-10H2,(H,18,19). The second-order valence-electron chi connectivity index (χ2n) is 5.47. The van der Waals surface area contributed by atoms with Crippen molar-refractivity contribution in [2.75, 3.05) is 0 Å². The van der Waals surface area contributed by atoms with E-state index < -0.39 is 5.97 Å². The summed E-state index contributed by atoms with van der Waals surface area (Å²) >= 11 is 0. The van der Waals surface area contributed by atoms with Crippen LogP contribution in [0.15, 0.2) is 42.5 Å². The molecular formula is C17H22O2. The molecule has 1 saturated carbocycles. The summed E-state index contributed by atoms with van der Waals surface area (Å²) in [5.41, 5.74) is 1.44. The van der Waals surface area contributed by atoms with Crippen molar-refractivity contribution < 1.29 is 9.90 Å². The first-order valence-corrected chi connectivity index (χ1v) is 7.17. The van der Waals surface area contributed by atoms with Crippen LogP contribution in [0.25, 0.3) is 0 Å². The lowest BCUT2D eigenvalue weighted by Gasteiger charge is -2.26. The summed E-state index contributed by atoms with van der Waals surface area (Å²) in [6, 6.07) is 9.99. The van der Waals surface area contributed by atoms with Crippen LogP contribution in [0.3, 0.4) is 0 Å². The van der Waals surface area contributed by atoms with E-state index in [1.807, 2.05) is 30.3 Å².